The second-order valence-corrected chi connectivity index (χ2v) is 5.31. The number of aryl methyl sites for hydroxylation is 2. The quantitative estimate of drug-likeness (QED) is 0.665. The molecule has 0 spiro atoms. The molecule has 1 heterocycles. The predicted molar refractivity (Wildman–Crippen MR) is 79.1 cm³/mol. The monoisotopic (exact) mass is 261 g/mol. The van der Waals surface area contributed by atoms with Gasteiger partial charge < -0.3 is 4.98 Å². The van der Waals surface area contributed by atoms with Gasteiger partial charge in [-0.25, -0.2) is 4.98 Å². The summed E-state index contributed by atoms with van der Waals surface area (Å²) in [7, 11) is 0. The molecule has 106 valence electrons. The Morgan fingerprint density at radius 1 is 1.11 bits per heavy atom. The third-order valence-corrected chi connectivity index (χ3v) is 3.48. The van der Waals surface area contributed by atoms with E-state index in [9.17, 15) is 0 Å². The van der Waals surface area contributed by atoms with E-state index in [1.165, 1.54) is 37.8 Å². The van der Waals surface area contributed by atoms with E-state index in [2.05, 4.69) is 29.9 Å². The molecule has 19 heavy (non-hydrogen) atoms. The number of H-pyrrole nitrogens is 1. The fraction of sp³-hybridized carbons (Fsp3) is 0.750. The van der Waals surface area contributed by atoms with Gasteiger partial charge in [-0.05, 0) is 19.8 Å². The Morgan fingerprint density at radius 3 is 2.47 bits per heavy atom. The molecule has 1 aromatic heterocycles. The summed E-state index contributed by atoms with van der Waals surface area (Å²) in [5.74, 6) is 0.962. The van der Waals surface area contributed by atoms with Crippen molar-refractivity contribution in [1.82, 2.24) is 9.97 Å². The van der Waals surface area contributed by atoms with Crippen LogP contribution in [-0.2, 0) is 12.8 Å². The van der Waals surface area contributed by atoms with E-state index in [1.54, 1.807) is 0 Å². The summed E-state index contributed by atoms with van der Waals surface area (Å²) in [6, 6.07) is 2.29. The van der Waals surface area contributed by atoms with Gasteiger partial charge in [0.1, 0.15) is 5.82 Å². The molecule has 0 fully saturated rings. The highest BCUT2D eigenvalue weighted by Crippen LogP contribution is 2.19. The van der Waals surface area contributed by atoms with Crippen LogP contribution in [-0.4, -0.2) is 9.97 Å². The minimum Gasteiger partial charge on any atom is -0.346 e. The molecule has 0 saturated heterocycles. The van der Waals surface area contributed by atoms with Crippen LogP contribution in [0.15, 0.2) is 0 Å². The first-order valence-corrected chi connectivity index (χ1v) is 7.70. The first-order valence-electron chi connectivity index (χ1n) is 7.70. The number of hydrogen-bond acceptors (Lipinski definition) is 2. The van der Waals surface area contributed by atoms with E-state index >= 15 is 0 Å². The van der Waals surface area contributed by atoms with Crippen molar-refractivity contribution in [2.75, 3.05) is 0 Å². The third-order valence-electron chi connectivity index (χ3n) is 3.48. The molecule has 0 aromatic carbocycles. The topological polar surface area (TPSA) is 52.5 Å². The summed E-state index contributed by atoms with van der Waals surface area (Å²) >= 11 is 0. The molecule has 1 unspecified atom stereocenters. The molecular formula is C16H27N3. The number of imidazole rings is 1. The molecule has 0 aliphatic carbocycles. The van der Waals surface area contributed by atoms with Crippen LogP contribution in [0.25, 0.3) is 0 Å². The van der Waals surface area contributed by atoms with Gasteiger partial charge in [0, 0.05) is 12.1 Å². The van der Waals surface area contributed by atoms with Gasteiger partial charge in [-0.2, -0.15) is 5.26 Å². The minimum atomic E-state index is -0.105. The summed E-state index contributed by atoms with van der Waals surface area (Å²) < 4.78 is 0. The second kappa shape index (κ2) is 8.74. The molecule has 0 aliphatic heterocycles. The van der Waals surface area contributed by atoms with Gasteiger partial charge in [-0.1, -0.05) is 46.0 Å². The lowest BCUT2D eigenvalue weighted by atomic mass is 10.1. The zero-order valence-electron chi connectivity index (χ0n) is 12.6. The number of nitriles is 1. The number of hydrogen-bond donors (Lipinski definition) is 1. The molecule has 0 aliphatic rings. The molecule has 0 amide bonds. The molecule has 0 saturated carbocycles. The first kappa shape index (κ1) is 15.8. The van der Waals surface area contributed by atoms with Crippen molar-refractivity contribution in [3.8, 4) is 6.07 Å². The van der Waals surface area contributed by atoms with E-state index in [-0.39, 0.29) is 5.92 Å². The highest BCUT2D eigenvalue weighted by Gasteiger charge is 2.15. The number of aromatic nitrogens is 2. The van der Waals surface area contributed by atoms with Gasteiger partial charge in [0.05, 0.1) is 17.7 Å². The van der Waals surface area contributed by atoms with Crippen LogP contribution in [0.4, 0.5) is 0 Å². The number of nitrogens with zero attached hydrogens (tertiary/aromatic N) is 2. The molecule has 0 radical (unpaired) electrons. The van der Waals surface area contributed by atoms with Crippen molar-refractivity contribution in [1.29, 1.82) is 5.26 Å². The molecule has 1 rings (SSSR count). The fourth-order valence-corrected chi connectivity index (χ4v) is 2.35. The number of rotatable bonds is 9. The van der Waals surface area contributed by atoms with Crippen molar-refractivity contribution >= 4 is 0 Å². The molecule has 1 N–H and O–H groups in total. The lowest BCUT2D eigenvalue weighted by molar-refractivity contribution is 0.623. The van der Waals surface area contributed by atoms with E-state index in [0.717, 1.165) is 30.8 Å². The van der Waals surface area contributed by atoms with Crippen molar-refractivity contribution in [3.63, 3.8) is 0 Å². The molecule has 1 atom stereocenters. The SMILES string of the molecule is CCCCCCCc1nc(C(C)C#N)c(CCC)[nH]1. The summed E-state index contributed by atoms with van der Waals surface area (Å²) in [4.78, 5) is 8.07. The van der Waals surface area contributed by atoms with Crippen LogP contribution < -0.4 is 0 Å². The Labute approximate surface area is 117 Å². The average Bonchev–Trinajstić information content (AvgIpc) is 2.81. The number of nitrogens with one attached hydrogen (secondary N) is 1. The van der Waals surface area contributed by atoms with Gasteiger partial charge in [0.2, 0.25) is 0 Å². The number of unbranched alkanes of at least 4 members (excludes halogenated alkanes) is 4. The summed E-state index contributed by atoms with van der Waals surface area (Å²) in [5.41, 5.74) is 2.13. The Bertz CT molecular complexity index is 401. The van der Waals surface area contributed by atoms with Crippen molar-refractivity contribution in [2.24, 2.45) is 0 Å². The largest absolute Gasteiger partial charge is 0.346 e. The zero-order chi connectivity index (χ0) is 14.1. The third kappa shape index (κ3) is 5.06. The van der Waals surface area contributed by atoms with E-state index < -0.39 is 0 Å². The zero-order valence-corrected chi connectivity index (χ0v) is 12.6. The Balaban J connectivity index is 2.57. The number of aromatic amines is 1. The van der Waals surface area contributed by atoms with E-state index in [1.807, 2.05) is 6.92 Å². The van der Waals surface area contributed by atoms with Crippen LogP contribution in [0.1, 0.15) is 82.4 Å². The summed E-state index contributed by atoms with van der Waals surface area (Å²) in [6.07, 6.45) is 9.49. The van der Waals surface area contributed by atoms with Crippen LogP contribution in [0.3, 0.4) is 0 Å². The highest BCUT2D eigenvalue weighted by atomic mass is 14.9. The van der Waals surface area contributed by atoms with Gasteiger partial charge in [-0.15, -0.1) is 0 Å². The van der Waals surface area contributed by atoms with Crippen LogP contribution in [0.2, 0.25) is 0 Å². The lowest BCUT2D eigenvalue weighted by Gasteiger charge is -2.01. The fourth-order valence-electron chi connectivity index (χ4n) is 2.35. The Hall–Kier alpha value is -1.30. The molecule has 1 aromatic rings. The first-order chi connectivity index (χ1) is 9.22. The maximum atomic E-state index is 9.06. The van der Waals surface area contributed by atoms with Crippen LogP contribution in [0.5, 0.6) is 0 Å². The molecule has 3 nitrogen and oxygen atoms in total. The van der Waals surface area contributed by atoms with Crippen molar-refractivity contribution < 1.29 is 0 Å². The molecular weight excluding hydrogens is 234 g/mol. The van der Waals surface area contributed by atoms with Gasteiger partial charge in [0.15, 0.2) is 0 Å². The normalized spacial score (nSPS) is 12.3. The molecule has 3 heteroatoms. The highest BCUT2D eigenvalue weighted by molar-refractivity contribution is 5.23. The summed E-state index contributed by atoms with van der Waals surface area (Å²) in [5, 5.41) is 9.06. The predicted octanol–water partition coefficient (Wildman–Crippen LogP) is 4.50. The van der Waals surface area contributed by atoms with Crippen LogP contribution in [0, 0.1) is 11.3 Å². The van der Waals surface area contributed by atoms with Crippen molar-refractivity contribution in [3.05, 3.63) is 17.2 Å². The van der Waals surface area contributed by atoms with Crippen molar-refractivity contribution in [2.45, 2.75) is 78.1 Å². The second-order valence-electron chi connectivity index (χ2n) is 5.31. The molecule has 0 bridgehead atoms. The smallest absolute Gasteiger partial charge is 0.106 e. The maximum Gasteiger partial charge on any atom is 0.106 e. The van der Waals surface area contributed by atoms with Gasteiger partial charge in [0.25, 0.3) is 0 Å². The van der Waals surface area contributed by atoms with Gasteiger partial charge >= 0.3 is 0 Å². The Morgan fingerprint density at radius 2 is 1.84 bits per heavy atom. The van der Waals surface area contributed by atoms with Gasteiger partial charge in [-0.3, -0.25) is 0 Å². The van der Waals surface area contributed by atoms with E-state index in [4.69, 9.17) is 5.26 Å². The van der Waals surface area contributed by atoms with E-state index in [0.29, 0.717) is 0 Å². The maximum absolute atomic E-state index is 9.06. The summed E-state index contributed by atoms with van der Waals surface area (Å²) in [6.45, 7) is 6.32. The average molecular weight is 261 g/mol. The standard InChI is InChI=1S/C16H27N3/c1-4-6-7-8-9-11-15-18-14(10-5-2)16(19-15)13(3)12-17/h13H,4-11H2,1-3H3,(H,18,19). The minimum absolute atomic E-state index is 0.105. The van der Waals surface area contributed by atoms with Crippen LogP contribution >= 0.6 is 0 Å². The lowest BCUT2D eigenvalue weighted by Crippen LogP contribution is -1.96. The Kier molecular flexibility index (Phi) is 7.25.